The Hall–Kier alpha value is -1.39. The van der Waals surface area contributed by atoms with E-state index in [9.17, 15) is 4.79 Å². The standard InChI is InChI=1S/C16H24O4/c1-4-8-15(18-3)16(20-13(2)17)12-19-11-14-9-6-5-7-10-14/h5-7,9-10,15-16H,4,8,11-12H2,1-3H3/t15-,16-/m0/s1. The highest BCUT2D eigenvalue weighted by Gasteiger charge is 2.23. The Labute approximate surface area is 121 Å². The van der Waals surface area contributed by atoms with Gasteiger partial charge in [0, 0.05) is 14.0 Å². The first kappa shape index (κ1) is 16.7. The highest BCUT2D eigenvalue weighted by atomic mass is 16.6. The largest absolute Gasteiger partial charge is 0.457 e. The molecule has 0 radical (unpaired) electrons. The van der Waals surface area contributed by atoms with Gasteiger partial charge in [0.15, 0.2) is 6.10 Å². The zero-order chi connectivity index (χ0) is 14.8. The topological polar surface area (TPSA) is 44.8 Å². The van der Waals surface area contributed by atoms with E-state index in [-0.39, 0.29) is 18.2 Å². The second kappa shape index (κ2) is 9.50. The van der Waals surface area contributed by atoms with Gasteiger partial charge in [-0.05, 0) is 12.0 Å². The number of benzene rings is 1. The smallest absolute Gasteiger partial charge is 0.303 e. The Bertz CT molecular complexity index is 377. The van der Waals surface area contributed by atoms with Gasteiger partial charge in [-0.15, -0.1) is 0 Å². The van der Waals surface area contributed by atoms with Crippen LogP contribution in [0.5, 0.6) is 0 Å². The van der Waals surface area contributed by atoms with Crippen molar-refractivity contribution >= 4 is 5.97 Å². The summed E-state index contributed by atoms with van der Waals surface area (Å²) >= 11 is 0. The molecule has 4 heteroatoms. The fourth-order valence-electron chi connectivity index (χ4n) is 2.04. The lowest BCUT2D eigenvalue weighted by Gasteiger charge is -2.25. The van der Waals surface area contributed by atoms with Crippen LogP contribution in [0, 0.1) is 0 Å². The van der Waals surface area contributed by atoms with Gasteiger partial charge in [0.2, 0.25) is 0 Å². The van der Waals surface area contributed by atoms with Crippen molar-refractivity contribution in [3.05, 3.63) is 35.9 Å². The maximum atomic E-state index is 11.2. The van der Waals surface area contributed by atoms with Crippen LogP contribution in [0.15, 0.2) is 30.3 Å². The molecule has 0 heterocycles. The van der Waals surface area contributed by atoms with Gasteiger partial charge in [-0.2, -0.15) is 0 Å². The van der Waals surface area contributed by atoms with Crippen molar-refractivity contribution in [3.63, 3.8) is 0 Å². The molecule has 2 atom stereocenters. The van der Waals surface area contributed by atoms with Crippen molar-refractivity contribution in [1.82, 2.24) is 0 Å². The minimum absolute atomic E-state index is 0.125. The number of hydrogen-bond donors (Lipinski definition) is 0. The predicted octanol–water partition coefficient (Wildman–Crippen LogP) is 2.95. The number of carbonyl (C=O) groups excluding carboxylic acids is 1. The molecule has 0 saturated carbocycles. The Morgan fingerprint density at radius 1 is 1.20 bits per heavy atom. The van der Waals surface area contributed by atoms with E-state index in [1.54, 1.807) is 7.11 Å². The van der Waals surface area contributed by atoms with Crippen molar-refractivity contribution in [2.24, 2.45) is 0 Å². The fourth-order valence-corrected chi connectivity index (χ4v) is 2.04. The Morgan fingerprint density at radius 2 is 1.90 bits per heavy atom. The van der Waals surface area contributed by atoms with Gasteiger partial charge < -0.3 is 14.2 Å². The van der Waals surface area contributed by atoms with E-state index in [4.69, 9.17) is 14.2 Å². The molecule has 0 N–H and O–H groups in total. The third kappa shape index (κ3) is 6.17. The highest BCUT2D eigenvalue weighted by Crippen LogP contribution is 2.12. The van der Waals surface area contributed by atoms with Crippen LogP contribution in [-0.2, 0) is 25.6 Å². The average Bonchev–Trinajstić information content (AvgIpc) is 2.44. The molecule has 1 aromatic carbocycles. The molecule has 112 valence electrons. The summed E-state index contributed by atoms with van der Waals surface area (Å²) in [5, 5.41) is 0. The first-order valence-electron chi connectivity index (χ1n) is 6.99. The summed E-state index contributed by atoms with van der Waals surface area (Å²) < 4.78 is 16.4. The molecule has 0 aliphatic heterocycles. The van der Waals surface area contributed by atoms with Gasteiger partial charge in [-0.25, -0.2) is 0 Å². The molecule has 0 amide bonds. The van der Waals surface area contributed by atoms with Crippen molar-refractivity contribution in [1.29, 1.82) is 0 Å². The Kier molecular flexibility index (Phi) is 7.92. The summed E-state index contributed by atoms with van der Waals surface area (Å²) in [7, 11) is 1.63. The number of methoxy groups -OCH3 is 1. The van der Waals surface area contributed by atoms with E-state index in [1.807, 2.05) is 30.3 Å². The van der Waals surface area contributed by atoms with Crippen molar-refractivity contribution in [2.45, 2.75) is 45.5 Å². The predicted molar refractivity (Wildman–Crippen MR) is 77.4 cm³/mol. The molecule has 4 nitrogen and oxygen atoms in total. The summed E-state index contributed by atoms with van der Waals surface area (Å²) in [5.74, 6) is -0.309. The van der Waals surface area contributed by atoms with Gasteiger partial charge in [-0.1, -0.05) is 43.7 Å². The second-order valence-corrected chi connectivity index (χ2v) is 4.71. The van der Waals surface area contributed by atoms with Gasteiger partial charge in [0.05, 0.1) is 19.3 Å². The van der Waals surface area contributed by atoms with E-state index < -0.39 is 0 Å². The van der Waals surface area contributed by atoms with E-state index in [0.29, 0.717) is 13.2 Å². The zero-order valence-electron chi connectivity index (χ0n) is 12.5. The van der Waals surface area contributed by atoms with Gasteiger partial charge in [0.25, 0.3) is 0 Å². The van der Waals surface area contributed by atoms with Gasteiger partial charge >= 0.3 is 5.97 Å². The van der Waals surface area contributed by atoms with E-state index in [0.717, 1.165) is 18.4 Å². The number of esters is 1. The number of ether oxygens (including phenoxy) is 3. The molecular weight excluding hydrogens is 256 g/mol. The molecule has 0 aromatic heterocycles. The molecular formula is C16H24O4. The molecule has 0 bridgehead atoms. The lowest BCUT2D eigenvalue weighted by molar-refractivity contribution is -0.159. The molecule has 0 spiro atoms. The molecule has 0 aliphatic carbocycles. The summed E-state index contributed by atoms with van der Waals surface area (Å²) in [6.45, 7) is 4.32. The van der Waals surface area contributed by atoms with Crippen LogP contribution in [0.2, 0.25) is 0 Å². The van der Waals surface area contributed by atoms with Crippen LogP contribution in [-0.4, -0.2) is 31.9 Å². The average molecular weight is 280 g/mol. The summed E-state index contributed by atoms with van der Waals surface area (Å²) in [6.07, 6.45) is 1.32. The van der Waals surface area contributed by atoms with E-state index >= 15 is 0 Å². The van der Waals surface area contributed by atoms with Crippen LogP contribution < -0.4 is 0 Å². The molecule has 0 unspecified atom stereocenters. The number of hydrogen-bond acceptors (Lipinski definition) is 4. The van der Waals surface area contributed by atoms with E-state index in [2.05, 4.69) is 6.92 Å². The zero-order valence-corrected chi connectivity index (χ0v) is 12.5. The van der Waals surface area contributed by atoms with Crippen LogP contribution in [0.4, 0.5) is 0 Å². The Balaban J connectivity index is 2.49. The molecule has 0 aliphatic rings. The minimum atomic E-state index is -0.360. The maximum Gasteiger partial charge on any atom is 0.303 e. The quantitative estimate of drug-likeness (QED) is 0.652. The minimum Gasteiger partial charge on any atom is -0.457 e. The lowest BCUT2D eigenvalue weighted by atomic mass is 10.1. The lowest BCUT2D eigenvalue weighted by Crippen LogP contribution is -2.36. The van der Waals surface area contributed by atoms with E-state index in [1.165, 1.54) is 6.92 Å². The normalized spacial score (nSPS) is 13.8. The SMILES string of the molecule is CCC[C@H](OC)[C@H](COCc1ccccc1)OC(C)=O. The number of rotatable bonds is 9. The van der Waals surface area contributed by atoms with Gasteiger partial charge in [0.1, 0.15) is 0 Å². The molecule has 0 saturated heterocycles. The molecule has 20 heavy (non-hydrogen) atoms. The second-order valence-electron chi connectivity index (χ2n) is 4.71. The van der Waals surface area contributed by atoms with Crippen molar-refractivity contribution < 1.29 is 19.0 Å². The number of carbonyl (C=O) groups is 1. The third-order valence-electron chi connectivity index (χ3n) is 3.00. The first-order chi connectivity index (χ1) is 9.67. The third-order valence-corrected chi connectivity index (χ3v) is 3.00. The van der Waals surface area contributed by atoms with Crippen molar-refractivity contribution in [2.75, 3.05) is 13.7 Å². The highest BCUT2D eigenvalue weighted by molar-refractivity contribution is 5.66. The monoisotopic (exact) mass is 280 g/mol. The van der Waals surface area contributed by atoms with Crippen molar-refractivity contribution in [3.8, 4) is 0 Å². The first-order valence-corrected chi connectivity index (χ1v) is 6.99. The summed E-state index contributed by atoms with van der Waals surface area (Å²) in [5.41, 5.74) is 1.10. The van der Waals surface area contributed by atoms with Crippen LogP contribution in [0.1, 0.15) is 32.3 Å². The molecule has 0 fully saturated rings. The van der Waals surface area contributed by atoms with Crippen LogP contribution in [0.25, 0.3) is 0 Å². The molecule has 1 aromatic rings. The fraction of sp³-hybridized carbons (Fsp3) is 0.562. The van der Waals surface area contributed by atoms with Crippen LogP contribution >= 0.6 is 0 Å². The summed E-state index contributed by atoms with van der Waals surface area (Å²) in [4.78, 5) is 11.2. The van der Waals surface area contributed by atoms with Gasteiger partial charge in [-0.3, -0.25) is 4.79 Å². The molecule has 1 rings (SSSR count). The summed E-state index contributed by atoms with van der Waals surface area (Å²) in [6, 6.07) is 9.91. The van der Waals surface area contributed by atoms with Crippen LogP contribution in [0.3, 0.4) is 0 Å². The Morgan fingerprint density at radius 3 is 2.45 bits per heavy atom. The maximum absolute atomic E-state index is 11.2.